The number of hydrogen-bond donors (Lipinski definition) is 3. The first kappa shape index (κ1) is 23.3. The molecule has 0 bridgehead atoms. The van der Waals surface area contributed by atoms with Crippen LogP contribution >= 0.6 is 11.8 Å². The van der Waals surface area contributed by atoms with Crippen molar-refractivity contribution in [3.63, 3.8) is 0 Å². The summed E-state index contributed by atoms with van der Waals surface area (Å²) < 4.78 is 0. The number of nitrogens with two attached hydrogens (primary N) is 1. The monoisotopic (exact) mass is 457 g/mol. The van der Waals surface area contributed by atoms with Gasteiger partial charge in [0.25, 0.3) is 0 Å². The van der Waals surface area contributed by atoms with E-state index >= 15 is 0 Å². The zero-order chi connectivity index (χ0) is 24.1. The Morgan fingerprint density at radius 2 is 1.79 bits per heavy atom. The smallest absolute Gasteiger partial charge is 0.335 e. The summed E-state index contributed by atoms with van der Waals surface area (Å²) in [5.41, 5.74) is 8.70. The van der Waals surface area contributed by atoms with E-state index in [-0.39, 0.29) is 27.5 Å². The van der Waals surface area contributed by atoms with E-state index in [1.54, 1.807) is 25.1 Å². The van der Waals surface area contributed by atoms with E-state index in [1.165, 1.54) is 18.2 Å². The third-order valence-electron chi connectivity index (χ3n) is 4.79. The molecule has 1 aromatic heterocycles. The molecule has 0 aliphatic rings. The molecule has 0 spiro atoms. The number of pyridine rings is 1. The Labute approximate surface area is 194 Å². The molecule has 0 aliphatic heterocycles. The van der Waals surface area contributed by atoms with E-state index in [4.69, 9.17) is 10.8 Å². The number of carboxylic acids is 1. The minimum atomic E-state index is -1.10. The molecular formula is C24H19N5O3S. The zero-order valence-corrected chi connectivity index (χ0v) is 18.6. The summed E-state index contributed by atoms with van der Waals surface area (Å²) in [5.74, 6) is -1.54. The zero-order valence-electron chi connectivity index (χ0n) is 17.8. The van der Waals surface area contributed by atoms with Gasteiger partial charge in [-0.2, -0.15) is 10.5 Å². The van der Waals surface area contributed by atoms with Gasteiger partial charge in [-0.1, -0.05) is 47.7 Å². The quantitative estimate of drug-likeness (QED) is 0.466. The van der Waals surface area contributed by atoms with Gasteiger partial charge in [0.05, 0.1) is 16.4 Å². The Balaban J connectivity index is 1.95. The molecule has 1 unspecified atom stereocenters. The summed E-state index contributed by atoms with van der Waals surface area (Å²) in [7, 11) is 0. The van der Waals surface area contributed by atoms with Crippen LogP contribution < -0.4 is 11.1 Å². The second-order valence-corrected chi connectivity index (χ2v) is 8.48. The molecule has 2 aromatic carbocycles. The van der Waals surface area contributed by atoms with Crippen molar-refractivity contribution in [3.8, 4) is 23.3 Å². The molecule has 33 heavy (non-hydrogen) atoms. The predicted octanol–water partition coefficient (Wildman–Crippen LogP) is 4.20. The van der Waals surface area contributed by atoms with E-state index in [0.29, 0.717) is 16.8 Å². The number of thioether (sulfide) groups is 1. The molecule has 0 fully saturated rings. The number of carbonyl (C=O) groups is 2. The number of anilines is 2. The first-order valence-electron chi connectivity index (χ1n) is 9.76. The van der Waals surface area contributed by atoms with Crippen LogP contribution in [0.2, 0.25) is 0 Å². The van der Waals surface area contributed by atoms with Gasteiger partial charge < -0.3 is 16.2 Å². The highest BCUT2D eigenvalue weighted by atomic mass is 32.2. The van der Waals surface area contributed by atoms with Crippen LogP contribution in [0.15, 0.2) is 53.6 Å². The first-order valence-corrected chi connectivity index (χ1v) is 10.6. The maximum Gasteiger partial charge on any atom is 0.335 e. The van der Waals surface area contributed by atoms with E-state index < -0.39 is 17.1 Å². The fourth-order valence-electron chi connectivity index (χ4n) is 3.09. The minimum absolute atomic E-state index is 0.0312. The number of amides is 1. The highest BCUT2D eigenvalue weighted by molar-refractivity contribution is 8.00. The maximum atomic E-state index is 12.7. The lowest BCUT2D eigenvalue weighted by Gasteiger charge is -2.16. The van der Waals surface area contributed by atoms with Gasteiger partial charge in [-0.05, 0) is 37.6 Å². The molecular weight excluding hydrogens is 438 g/mol. The molecule has 1 atom stereocenters. The number of nitriles is 2. The maximum absolute atomic E-state index is 12.7. The highest BCUT2D eigenvalue weighted by Crippen LogP contribution is 2.37. The molecule has 0 radical (unpaired) electrons. The van der Waals surface area contributed by atoms with Crippen LogP contribution in [0.5, 0.6) is 0 Å². The second-order valence-electron chi connectivity index (χ2n) is 7.15. The van der Waals surface area contributed by atoms with Gasteiger partial charge in [0, 0.05) is 11.3 Å². The number of nitrogen functional groups attached to an aromatic ring is 1. The summed E-state index contributed by atoms with van der Waals surface area (Å²) in [6.07, 6.45) is 0. The van der Waals surface area contributed by atoms with Gasteiger partial charge in [-0.15, -0.1) is 0 Å². The molecule has 9 heteroatoms. The summed E-state index contributed by atoms with van der Waals surface area (Å²) in [4.78, 5) is 28.1. The first-order chi connectivity index (χ1) is 15.7. The van der Waals surface area contributed by atoms with Gasteiger partial charge >= 0.3 is 5.97 Å². The lowest BCUT2D eigenvalue weighted by molar-refractivity contribution is -0.115. The number of aryl methyl sites for hydroxylation is 1. The fourth-order valence-corrected chi connectivity index (χ4v) is 4.00. The Bertz CT molecular complexity index is 1320. The topological polar surface area (TPSA) is 153 Å². The molecule has 3 aromatic rings. The van der Waals surface area contributed by atoms with Crippen LogP contribution in [0.4, 0.5) is 11.5 Å². The minimum Gasteiger partial charge on any atom is -0.478 e. The number of carbonyl (C=O) groups excluding carboxylic acids is 1. The number of nitrogens with one attached hydrogen (secondary N) is 1. The Morgan fingerprint density at radius 1 is 1.12 bits per heavy atom. The van der Waals surface area contributed by atoms with Crippen LogP contribution in [0.3, 0.4) is 0 Å². The van der Waals surface area contributed by atoms with Gasteiger partial charge in [0.15, 0.2) is 0 Å². The molecule has 0 aliphatic carbocycles. The van der Waals surface area contributed by atoms with Crippen molar-refractivity contribution in [2.75, 3.05) is 11.1 Å². The van der Waals surface area contributed by atoms with Crippen molar-refractivity contribution in [1.29, 1.82) is 10.5 Å². The van der Waals surface area contributed by atoms with Gasteiger partial charge in [-0.3, -0.25) is 4.79 Å². The van der Waals surface area contributed by atoms with Crippen LogP contribution in [-0.2, 0) is 4.79 Å². The van der Waals surface area contributed by atoms with Crippen molar-refractivity contribution < 1.29 is 14.7 Å². The van der Waals surface area contributed by atoms with Crippen molar-refractivity contribution in [3.05, 3.63) is 70.8 Å². The number of nitrogens with zero attached hydrogens (tertiary/aromatic N) is 3. The van der Waals surface area contributed by atoms with Crippen LogP contribution in [-0.4, -0.2) is 27.2 Å². The van der Waals surface area contributed by atoms with Gasteiger partial charge in [0.2, 0.25) is 5.91 Å². The average molecular weight is 458 g/mol. The second kappa shape index (κ2) is 9.86. The van der Waals surface area contributed by atoms with Gasteiger partial charge in [0.1, 0.15) is 28.5 Å². The summed E-state index contributed by atoms with van der Waals surface area (Å²) >= 11 is 1.03. The van der Waals surface area contributed by atoms with Crippen molar-refractivity contribution in [2.45, 2.75) is 24.1 Å². The van der Waals surface area contributed by atoms with Crippen LogP contribution in [0.1, 0.15) is 34.0 Å². The third-order valence-corrected chi connectivity index (χ3v) is 5.88. The molecule has 8 nitrogen and oxygen atoms in total. The summed E-state index contributed by atoms with van der Waals surface area (Å²) in [6, 6.07) is 17.3. The molecule has 1 heterocycles. The summed E-state index contributed by atoms with van der Waals surface area (Å²) in [5, 5.41) is 30.8. The van der Waals surface area contributed by atoms with E-state index in [2.05, 4.69) is 16.4 Å². The molecule has 0 saturated carbocycles. The van der Waals surface area contributed by atoms with Gasteiger partial charge in [-0.25, -0.2) is 9.78 Å². The Morgan fingerprint density at radius 3 is 2.39 bits per heavy atom. The largest absolute Gasteiger partial charge is 0.478 e. The Hall–Kier alpha value is -4.34. The Kier molecular flexibility index (Phi) is 6.97. The number of aromatic nitrogens is 1. The standard InChI is InChI=1S/C24H19N5O3S/c1-13-6-8-15(9-7-13)20-18(11-25)21(27)29-23(19(20)12-26)33-14(2)22(30)28-17-5-3-4-16(10-17)24(31)32/h3-10,14H,1-2H3,(H2,27,29)(H,28,30)(H,31,32). The van der Waals surface area contributed by atoms with Crippen molar-refractivity contribution in [2.24, 2.45) is 0 Å². The van der Waals surface area contributed by atoms with Crippen molar-refractivity contribution in [1.82, 2.24) is 4.98 Å². The van der Waals surface area contributed by atoms with Crippen LogP contribution in [0.25, 0.3) is 11.1 Å². The number of hydrogen-bond acceptors (Lipinski definition) is 7. The molecule has 1 amide bonds. The average Bonchev–Trinajstić information content (AvgIpc) is 2.79. The lowest BCUT2D eigenvalue weighted by atomic mass is 9.96. The molecule has 4 N–H and O–H groups in total. The number of benzene rings is 2. The lowest BCUT2D eigenvalue weighted by Crippen LogP contribution is -2.23. The highest BCUT2D eigenvalue weighted by Gasteiger charge is 2.24. The van der Waals surface area contributed by atoms with Crippen molar-refractivity contribution >= 4 is 35.1 Å². The molecule has 3 rings (SSSR count). The third kappa shape index (κ3) is 5.12. The van der Waals surface area contributed by atoms with E-state index in [0.717, 1.165) is 17.3 Å². The van der Waals surface area contributed by atoms with E-state index in [1.807, 2.05) is 25.1 Å². The summed E-state index contributed by atoms with van der Waals surface area (Å²) in [6.45, 7) is 3.55. The molecule has 164 valence electrons. The number of aromatic carboxylic acids is 1. The normalized spacial score (nSPS) is 11.2. The SMILES string of the molecule is Cc1ccc(-c2c(C#N)c(N)nc(SC(C)C(=O)Nc3cccc(C(=O)O)c3)c2C#N)cc1. The predicted molar refractivity (Wildman–Crippen MR) is 126 cm³/mol. The number of carboxylic acid groups (broad SMARTS) is 1. The van der Waals surface area contributed by atoms with E-state index in [9.17, 15) is 20.1 Å². The molecule has 0 saturated heterocycles. The number of rotatable bonds is 6. The van der Waals surface area contributed by atoms with Crippen LogP contribution in [0, 0.1) is 29.6 Å². The fraction of sp³-hybridized carbons (Fsp3) is 0.125.